The Balaban J connectivity index is 1.67. The van der Waals surface area contributed by atoms with Gasteiger partial charge < -0.3 is 4.42 Å². The lowest BCUT2D eigenvalue weighted by Gasteiger charge is -2.33. The summed E-state index contributed by atoms with van der Waals surface area (Å²) in [5.74, 6) is -2.20. The first kappa shape index (κ1) is 17.7. The van der Waals surface area contributed by atoms with Gasteiger partial charge >= 0.3 is 0 Å². The molecule has 0 bridgehead atoms. The zero-order valence-electron chi connectivity index (χ0n) is 13.2. The zero-order chi connectivity index (χ0) is 18.0. The van der Waals surface area contributed by atoms with Crippen LogP contribution in [0, 0.1) is 11.6 Å². The average Bonchev–Trinajstić information content (AvgIpc) is 3.09. The van der Waals surface area contributed by atoms with Gasteiger partial charge in [-0.25, -0.2) is 17.2 Å². The summed E-state index contributed by atoms with van der Waals surface area (Å²) in [6.45, 7) is 0.738. The van der Waals surface area contributed by atoms with Gasteiger partial charge in [0.2, 0.25) is 15.8 Å². The van der Waals surface area contributed by atoms with Gasteiger partial charge in [-0.1, -0.05) is 6.07 Å². The van der Waals surface area contributed by atoms with Gasteiger partial charge in [-0.2, -0.15) is 4.31 Å². The molecule has 3 rings (SSSR count). The van der Waals surface area contributed by atoms with Crippen molar-refractivity contribution in [2.45, 2.75) is 4.90 Å². The van der Waals surface area contributed by atoms with Crippen LogP contribution >= 0.6 is 0 Å². The minimum atomic E-state index is -4.27. The van der Waals surface area contributed by atoms with Crippen LogP contribution in [0.4, 0.5) is 8.78 Å². The van der Waals surface area contributed by atoms with E-state index in [1.807, 2.05) is 0 Å². The van der Waals surface area contributed by atoms with E-state index in [2.05, 4.69) is 0 Å². The largest absolute Gasteiger partial charge is 0.461 e. The summed E-state index contributed by atoms with van der Waals surface area (Å²) in [5, 5.41) is 0. The van der Waals surface area contributed by atoms with Crippen molar-refractivity contribution in [3.63, 3.8) is 0 Å². The number of sulfonamides is 1. The highest BCUT2D eigenvalue weighted by molar-refractivity contribution is 7.89. The number of hydrogen-bond donors (Lipinski definition) is 0. The van der Waals surface area contributed by atoms with E-state index in [1.54, 1.807) is 17.0 Å². The van der Waals surface area contributed by atoms with E-state index >= 15 is 0 Å². The van der Waals surface area contributed by atoms with Gasteiger partial charge in [-0.3, -0.25) is 9.69 Å². The van der Waals surface area contributed by atoms with Gasteiger partial charge in [0, 0.05) is 26.2 Å². The van der Waals surface area contributed by atoms with Crippen LogP contribution in [0.3, 0.4) is 0 Å². The van der Waals surface area contributed by atoms with E-state index in [-0.39, 0.29) is 44.3 Å². The molecular weight excluding hydrogens is 354 g/mol. The van der Waals surface area contributed by atoms with Gasteiger partial charge in [-0.05, 0) is 24.3 Å². The number of benzene rings is 1. The first-order chi connectivity index (χ1) is 11.9. The van der Waals surface area contributed by atoms with Crippen molar-refractivity contribution in [3.05, 3.63) is 54.0 Å². The molecule has 2 heterocycles. The summed E-state index contributed by atoms with van der Waals surface area (Å²) in [6, 6.07) is 6.11. The van der Waals surface area contributed by atoms with Crippen molar-refractivity contribution in [1.29, 1.82) is 0 Å². The molecule has 0 unspecified atom stereocenters. The smallest absolute Gasteiger partial charge is 0.249 e. The predicted molar refractivity (Wildman–Crippen MR) is 84.6 cm³/mol. The molecule has 0 atom stereocenters. The van der Waals surface area contributed by atoms with E-state index < -0.39 is 26.6 Å². The molecule has 1 aromatic carbocycles. The van der Waals surface area contributed by atoms with E-state index in [9.17, 15) is 22.0 Å². The Morgan fingerprint density at radius 3 is 2.24 bits per heavy atom. The molecule has 0 aliphatic carbocycles. The minimum Gasteiger partial charge on any atom is -0.461 e. The van der Waals surface area contributed by atoms with Crippen molar-refractivity contribution in [2.75, 3.05) is 32.7 Å². The molecular formula is C16H16F2N2O4S. The Kier molecular flexibility index (Phi) is 4.98. The number of ketones is 1. The van der Waals surface area contributed by atoms with Crippen molar-refractivity contribution >= 4 is 15.8 Å². The average molecular weight is 370 g/mol. The fourth-order valence-electron chi connectivity index (χ4n) is 2.70. The number of piperazine rings is 1. The molecule has 1 aromatic heterocycles. The Bertz CT molecular complexity index is 840. The quantitative estimate of drug-likeness (QED) is 0.750. The van der Waals surface area contributed by atoms with Crippen LogP contribution in [0.5, 0.6) is 0 Å². The summed E-state index contributed by atoms with van der Waals surface area (Å²) in [4.78, 5) is 12.8. The standard InChI is InChI=1S/C16H16F2N2O4S/c17-12-3-1-4-13(18)16(12)25(22,23)20-8-6-19(7-9-20)11-14(21)15-5-2-10-24-15/h1-5,10H,6-9,11H2. The predicted octanol–water partition coefficient (Wildman–Crippen LogP) is 1.75. The van der Waals surface area contributed by atoms with Crippen LogP contribution in [0.15, 0.2) is 45.9 Å². The summed E-state index contributed by atoms with van der Waals surface area (Å²) in [5.41, 5.74) is 0. The van der Waals surface area contributed by atoms with Crippen molar-refractivity contribution in [2.24, 2.45) is 0 Å². The Hall–Kier alpha value is -2.10. The number of rotatable bonds is 5. The number of carbonyl (C=O) groups excluding carboxylic acids is 1. The zero-order valence-corrected chi connectivity index (χ0v) is 14.0. The molecule has 134 valence electrons. The van der Waals surface area contributed by atoms with Gasteiger partial charge in [0.05, 0.1) is 12.8 Å². The molecule has 0 spiro atoms. The monoisotopic (exact) mass is 370 g/mol. The van der Waals surface area contributed by atoms with Crippen LogP contribution in [-0.4, -0.2) is 56.1 Å². The second-order valence-corrected chi connectivity index (χ2v) is 7.51. The number of furan rings is 1. The number of hydrogen-bond acceptors (Lipinski definition) is 5. The van der Waals surface area contributed by atoms with Crippen LogP contribution in [0.2, 0.25) is 0 Å². The fraction of sp³-hybridized carbons (Fsp3) is 0.312. The van der Waals surface area contributed by atoms with E-state index in [0.29, 0.717) is 0 Å². The molecule has 0 N–H and O–H groups in total. The van der Waals surface area contributed by atoms with Crippen LogP contribution in [0.25, 0.3) is 0 Å². The van der Waals surface area contributed by atoms with E-state index in [4.69, 9.17) is 4.42 Å². The Morgan fingerprint density at radius 1 is 1.04 bits per heavy atom. The molecule has 25 heavy (non-hydrogen) atoms. The topological polar surface area (TPSA) is 70.8 Å². The summed E-state index contributed by atoms with van der Waals surface area (Å²) in [6.07, 6.45) is 1.40. The summed E-state index contributed by atoms with van der Waals surface area (Å²) in [7, 11) is -4.27. The maximum absolute atomic E-state index is 13.8. The van der Waals surface area contributed by atoms with Crippen LogP contribution < -0.4 is 0 Å². The fourth-order valence-corrected chi connectivity index (χ4v) is 4.24. The number of Topliss-reactive ketones (excluding diaryl/α,β-unsaturated/α-hetero) is 1. The van der Waals surface area contributed by atoms with Crippen molar-refractivity contribution in [3.8, 4) is 0 Å². The lowest BCUT2D eigenvalue weighted by Crippen LogP contribution is -2.50. The van der Waals surface area contributed by atoms with Crippen molar-refractivity contribution in [1.82, 2.24) is 9.21 Å². The number of halogens is 2. The molecule has 9 heteroatoms. The minimum absolute atomic E-state index is 0.0432. The third-order valence-electron chi connectivity index (χ3n) is 4.01. The first-order valence-corrected chi connectivity index (χ1v) is 9.07. The molecule has 0 amide bonds. The van der Waals surface area contributed by atoms with E-state index in [0.717, 1.165) is 22.5 Å². The normalized spacial score (nSPS) is 16.9. The lowest BCUT2D eigenvalue weighted by atomic mass is 10.2. The number of carbonyl (C=O) groups is 1. The lowest BCUT2D eigenvalue weighted by molar-refractivity contribution is 0.0874. The second-order valence-electron chi connectivity index (χ2n) is 5.63. The molecule has 1 fully saturated rings. The molecule has 0 saturated carbocycles. The van der Waals surface area contributed by atoms with Gasteiger partial charge in [0.1, 0.15) is 11.6 Å². The summed E-state index contributed by atoms with van der Waals surface area (Å²) >= 11 is 0. The molecule has 1 aliphatic rings. The maximum atomic E-state index is 13.8. The third kappa shape index (κ3) is 3.63. The molecule has 6 nitrogen and oxygen atoms in total. The van der Waals surface area contributed by atoms with E-state index in [1.165, 1.54) is 6.26 Å². The van der Waals surface area contributed by atoms with Crippen LogP contribution in [0.1, 0.15) is 10.6 Å². The molecule has 1 aliphatic heterocycles. The molecule has 2 aromatic rings. The van der Waals surface area contributed by atoms with Gasteiger partial charge in [-0.15, -0.1) is 0 Å². The highest BCUT2D eigenvalue weighted by Gasteiger charge is 2.33. The SMILES string of the molecule is O=C(CN1CCN(S(=O)(=O)c2c(F)cccc2F)CC1)c1ccco1. The van der Waals surface area contributed by atoms with Gasteiger partial charge in [0.15, 0.2) is 10.7 Å². The number of nitrogens with zero attached hydrogens (tertiary/aromatic N) is 2. The van der Waals surface area contributed by atoms with Gasteiger partial charge in [0.25, 0.3) is 0 Å². The Labute approximate surface area is 143 Å². The third-order valence-corrected chi connectivity index (χ3v) is 5.96. The van der Waals surface area contributed by atoms with Crippen LogP contribution in [-0.2, 0) is 10.0 Å². The Morgan fingerprint density at radius 2 is 1.68 bits per heavy atom. The van der Waals surface area contributed by atoms with Crippen molar-refractivity contribution < 1.29 is 26.4 Å². The summed E-state index contributed by atoms with van der Waals surface area (Å²) < 4.78 is 58.6. The second kappa shape index (κ2) is 7.03. The highest BCUT2D eigenvalue weighted by atomic mass is 32.2. The maximum Gasteiger partial charge on any atom is 0.249 e. The molecule has 0 radical (unpaired) electrons. The molecule has 1 saturated heterocycles. The highest BCUT2D eigenvalue weighted by Crippen LogP contribution is 2.23. The first-order valence-electron chi connectivity index (χ1n) is 7.63.